The molecular weight excluding hydrogens is 1020 g/mol. The molecule has 0 unspecified atom stereocenters. The van der Waals surface area contributed by atoms with E-state index in [1.165, 1.54) is 26.6 Å². The number of fused-ring (bicyclic) bond motifs is 4. The maximum absolute atomic E-state index is 8.90. The minimum Gasteiger partial charge on any atom is 0 e. The van der Waals surface area contributed by atoms with Crippen molar-refractivity contribution in [2.45, 2.75) is 63.2 Å². The Morgan fingerprint density at radius 3 is 2.02 bits per heavy atom. The van der Waals surface area contributed by atoms with Gasteiger partial charge in [-0.05, 0) is 76.1 Å². The zero-order valence-corrected chi connectivity index (χ0v) is 41.8. The van der Waals surface area contributed by atoms with Crippen molar-refractivity contribution in [3.05, 3.63) is 198 Å². The van der Waals surface area contributed by atoms with Crippen LogP contribution in [0.15, 0.2) is 168 Å². The molecule has 0 bridgehead atoms. The Hall–Kier alpha value is -5.92. The van der Waals surface area contributed by atoms with E-state index in [0.29, 0.717) is 22.6 Å². The topological polar surface area (TPSA) is 56.7 Å². The SMILES string of the molecule is [2H]C([2H])(c1ccccc1)c1ccc2c(n1)oc1c(-c3nc4ccccc4n3-c3c(C(C)C)cc(-c4ccccc4)cc3C(C)C)[c-]ccc12.[CH3][Ge]([CH3])([CH3])[c]1ccc(-c2[c-]cccc2)nc1.[Ir]. The van der Waals surface area contributed by atoms with E-state index in [1.807, 2.05) is 72.9 Å². The minimum absolute atomic E-state index is 0. The van der Waals surface area contributed by atoms with Gasteiger partial charge in [-0.3, -0.25) is 4.98 Å². The standard InChI is InChI=1S/C43H36N3O.C14H16GeN.Ir/c1-27(2)36-25-31(30-16-9-6-10-17-30)26-37(28(3)4)40(36)46-39-21-12-11-20-38(39)45-42(46)35-19-13-18-33-34-23-22-32(44-43(34)47-41(33)35)24-29-14-7-5-8-15-29;1-15(2,3)13-9-10-14(16-11-13)12-7-5-4-6-8-12;/h5-18,20-23,25-28H,24H2,1-4H3;4-7,9-11H,1-3H3;/q2*-1;/i24D2;;. The van der Waals surface area contributed by atoms with E-state index in [4.69, 9.17) is 17.1 Å². The van der Waals surface area contributed by atoms with Gasteiger partial charge in [0.25, 0.3) is 0 Å². The summed E-state index contributed by atoms with van der Waals surface area (Å²) in [7, 11) is 0. The second-order valence-corrected chi connectivity index (χ2v) is 28.3. The first-order valence-corrected chi connectivity index (χ1v) is 29.1. The number of pyridine rings is 2. The van der Waals surface area contributed by atoms with Crippen LogP contribution in [0.3, 0.4) is 0 Å². The van der Waals surface area contributed by atoms with Gasteiger partial charge in [0.15, 0.2) is 0 Å². The number of benzene rings is 6. The van der Waals surface area contributed by atoms with Crippen molar-refractivity contribution in [1.29, 1.82) is 0 Å². The number of furan rings is 1. The van der Waals surface area contributed by atoms with Crippen molar-refractivity contribution in [3.63, 3.8) is 0 Å². The van der Waals surface area contributed by atoms with Crippen LogP contribution in [-0.4, -0.2) is 32.8 Å². The molecule has 7 heteroatoms. The Kier molecular flexibility index (Phi) is 12.5. The fraction of sp³-hybridized carbons (Fsp3) is 0.175. The molecule has 0 aliphatic rings. The number of aromatic nitrogens is 4. The number of hydrogen-bond acceptors (Lipinski definition) is 4. The quantitative estimate of drug-likeness (QED) is 0.107. The summed E-state index contributed by atoms with van der Waals surface area (Å²) in [6, 6.07) is 59.2. The average molecular weight is 1080 g/mol. The average Bonchev–Trinajstić information content (AvgIpc) is 3.90. The molecule has 0 aliphatic heterocycles. The largest absolute Gasteiger partial charge is 0 e. The number of nitrogens with zero attached hydrogens (tertiary/aromatic N) is 4. The zero-order chi connectivity index (χ0) is 45.5. The third-order valence-electron chi connectivity index (χ3n) is 11.5. The molecule has 0 spiro atoms. The molecule has 4 aromatic heterocycles. The van der Waals surface area contributed by atoms with Gasteiger partial charge in [0, 0.05) is 46.0 Å². The Balaban J connectivity index is 0.000000295. The van der Waals surface area contributed by atoms with Crippen LogP contribution in [-0.2, 0) is 26.5 Å². The van der Waals surface area contributed by atoms with E-state index in [1.54, 1.807) is 18.2 Å². The van der Waals surface area contributed by atoms with Crippen LogP contribution in [0.4, 0.5) is 0 Å². The second-order valence-electron chi connectivity index (χ2n) is 17.6. The third kappa shape index (κ3) is 9.19. The first kappa shape index (κ1) is 42.1. The number of rotatable bonds is 9. The van der Waals surface area contributed by atoms with Crippen molar-refractivity contribution in [2.75, 3.05) is 0 Å². The Morgan fingerprint density at radius 1 is 0.672 bits per heavy atom. The summed E-state index contributed by atoms with van der Waals surface area (Å²) in [4.78, 5) is 14.5. The first-order valence-electron chi connectivity index (χ1n) is 22.7. The molecular formula is C57H52GeIrN4O-2. The molecule has 10 aromatic rings. The Bertz CT molecular complexity index is 3240. The molecule has 0 atom stereocenters. The van der Waals surface area contributed by atoms with Gasteiger partial charge in [0.1, 0.15) is 0 Å². The summed E-state index contributed by atoms with van der Waals surface area (Å²) >= 11 is -1.72. The van der Waals surface area contributed by atoms with Gasteiger partial charge in [0.2, 0.25) is 5.71 Å². The zero-order valence-electron chi connectivity index (χ0n) is 39.3. The van der Waals surface area contributed by atoms with E-state index in [2.05, 4.69) is 139 Å². The summed E-state index contributed by atoms with van der Waals surface area (Å²) in [6.07, 6.45) is 0.250. The van der Waals surface area contributed by atoms with Crippen molar-refractivity contribution < 1.29 is 27.3 Å². The summed E-state index contributed by atoms with van der Waals surface area (Å²) in [5.41, 5.74) is 12.5. The van der Waals surface area contributed by atoms with Crippen molar-refractivity contribution in [3.8, 4) is 39.5 Å². The van der Waals surface area contributed by atoms with Gasteiger partial charge < -0.3 is 8.98 Å². The van der Waals surface area contributed by atoms with Crippen LogP contribution in [0.5, 0.6) is 0 Å². The minimum atomic E-state index is -1.79. The normalized spacial score (nSPS) is 12.3. The molecule has 321 valence electrons. The number of imidazole rings is 1. The van der Waals surface area contributed by atoms with E-state index in [9.17, 15) is 0 Å². The monoisotopic (exact) mass is 1080 g/mol. The molecule has 4 heterocycles. The molecule has 0 fully saturated rings. The Morgan fingerprint density at radius 2 is 1.36 bits per heavy atom. The molecule has 0 aliphatic carbocycles. The summed E-state index contributed by atoms with van der Waals surface area (Å²) in [5, 5.41) is 1.70. The van der Waals surface area contributed by atoms with E-state index >= 15 is 0 Å². The molecule has 1 radical (unpaired) electrons. The molecule has 5 nitrogen and oxygen atoms in total. The maximum Gasteiger partial charge on any atom is 0 e. The smallest absolute Gasteiger partial charge is 0 e. The van der Waals surface area contributed by atoms with Crippen LogP contribution in [0.1, 0.15) is 64.7 Å². The fourth-order valence-corrected chi connectivity index (χ4v) is 10.3. The molecule has 0 N–H and O–H groups in total. The Labute approximate surface area is 396 Å². The van der Waals surface area contributed by atoms with Gasteiger partial charge in [-0.15, -0.1) is 18.2 Å². The van der Waals surface area contributed by atoms with E-state index in [-0.39, 0.29) is 31.9 Å². The molecule has 6 aromatic carbocycles. The first-order chi connectivity index (χ1) is 31.3. The van der Waals surface area contributed by atoms with Crippen molar-refractivity contribution >= 4 is 50.8 Å². The second kappa shape index (κ2) is 19.0. The molecule has 64 heavy (non-hydrogen) atoms. The summed E-state index contributed by atoms with van der Waals surface area (Å²) < 4.78 is 28.1. The van der Waals surface area contributed by atoms with Crippen molar-refractivity contribution in [2.24, 2.45) is 0 Å². The molecule has 10 rings (SSSR count). The van der Waals surface area contributed by atoms with Gasteiger partial charge in [-0.1, -0.05) is 111 Å². The fourth-order valence-electron chi connectivity index (χ4n) is 8.11. The van der Waals surface area contributed by atoms with E-state index in [0.717, 1.165) is 50.1 Å². The van der Waals surface area contributed by atoms with Gasteiger partial charge in [-0.2, -0.15) is 0 Å². The molecule has 0 saturated heterocycles. The van der Waals surface area contributed by atoms with Crippen LogP contribution in [0, 0.1) is 12.1 Å². The number of hydrogen-bond donors (Lipinski definition) is 0. The van der Waals surface area contributed by atoms with Crippen LogP contribution >= 0.6 is 0 Å². The van der Waals surface area contributed by atoms with Gasteiger partial charge in [0.05, 0.1) is 22.4 Å². The number of para-hydroxylation sites is 2. The third-order valence-corrected chi connectivity index (χ3v) is 15.7. The molecule has 0 saturated carbocycles. The van der Waals surface area contributed by atoms with E-state index < -0.39 is 19.6 Å². The van der Waals surface area contributed by atoms with Crippen molar-refractivity contribution in [1.82, 2.24) is 19.5 Å². The van der Waals surface area contributed by atoms with Crippen LogP contribution in [0.2, 0.25) is 17.3 Å². The summed E-state index contributed by atoms with van der Waals surface area (Å²) in [5.74, 6) is 8.35. The maximum atomic E-state index is 8.90. The van der Waals surface area contributed by atoms with Gasteiger partial charge in [-0.25, -0.2) is 4.98 Å². The van der Waals surface area contributed by atoms with Gasteiger partial charge >= 0.3 is 99.8 Å². The predicted octanol–water partition coefficient (Wildman–Crippen LogP) is 14.4. The van der Waals surface area contributed by atoms with Crippen LogP contribution in [0.25, 0.3) is 72.6 Å². The molecule has 0 amide bonds. The summed E-state index contributed by atoms with van der Waals surface area (Å²) in [6.45, 7) is 9.00. The predicted molar refractivity (Wildman–Crippen MR) is 265 cm³/mol. The van der Waals surface area contributed by atoms with Crippen LogP contribution < -0.4 is 4.40 Å².